The van der Waals surface area contributed by atoms with Crippen LogP contribution in [0.1, 0.15) is 57.8 Å². The van der Waals surface area contributed by atoms with E-state index in [0.29, 0.717) is 17.9 Å². The quantitative estimate of drug-likeness (QED) is 0.0431. The fourth-order valence-corrected chi connectivity index (χ4v) is 6.30. The predicted molar refractivity (Wildman–Crippen MR) is 169 cm³/mol. The highest BCUT2D eigenvalue weighted by molar-refractivity contribution is 6.01. The maximum atomic E-state index is 12.4. The molecule has 0 bridgehead atoms. The summed E-state index contributed by atoms with van der Waals surface area (Å²) in [5.74, 6) is -2.06. The summed E-state index contributed by atoms with van der Waals surface area (Å²) in [7, 11) is 0. The van der Waals surface area contributed by atoms with Gasteiger partial charge in [-0.1, -0.05) is 0 Å². The number of hydrogen-bond donors (Lipinski definition) is 10. The molecular formula is C32H51NO21. The van der Waals surface area contributed by atoms with E-state index in [-0.39, 0.29) is 57.3 Å². The SMILES string of the molecule is O=C(CCCCO[C@H]1O[C@H](CO)[C@@H](O[C@H]2O[C@H](CO)[C@@H](O)[C@H](O)[C@@H]2O)[C@H](O)[C@@H]1O[C@H]1O[C@H](CO)[C@@H](O)[C@H](O)[C@@H]1O)CCCCC(=O)ON1C(=O)CCC1=O. The standard InChI is InChI=1S/C32H51NO21/c34-11-15-21(41)23(43)25(45)30(49-15)52-28-17(13-36)51-32(29(27(28)47)53-31-26(46)24(44)22(42)16(12-35)50-31)48-10-4-3-6-14(37)5-1-2-7-20(40)54-33-18(38)8-9-19(33)39/h15-17,21-32,34-36,41-47H,1-13H2/t15-,16-,17-,21-,22-,23+,24+,25+,26+,27+,28-,29+,30-,31-,32+/m1/s1. The van der Waals surface area contributed by atoms with Gasteiger partial charge in [-0.05, 0) is 25.7 Å². The van der Waals surface area contributed by atoms with Crippen molar-refractivity contribution in [1.29, 1.82) is 0 Å². The summed E-state index contributed by atoms with van der Waals surface area (Å²) >= 11 is 0. The van der Waals surface area contributed by atoms with Crippen LogP contribution >= 0.6 is 0 Å². The third-order valence-corrected chi connectivity index (χ3v) is 9.49. The van der Waals surface area contributed by atoms with Gasteiger partial charge in [-0.15, -0.1) is 5.06 Å². The summed E-state index contributed by atoms with van der Waals surface area (Å²) in [4.78, 5) is 52.2. The summed E-state index contributed by atoms with van der Waals surface area (Å²) in [6.45, 7) is -2.49. The molecule has 4 rings (SSSR count). The van der Waals surface area contributed by atoms with E-state index in [2.05, 4.69) is 0 Å². The second-order valence-corrected chi connectivity index (χ2v) is 13.4. The summed E-state index contributed by atoms with van der Waals surface area (Å²) in [5.41, 5.74) is 0. The first-order chi connectivity index (χ1) is 25.7. The molecule has 0 saturated carbocycles. The first-order valence-corrected chi connectivity index (χ1v) is 17.8. The van der Waals surface area contributed by atoms with Crippen molar-refractivity contribution in [3.8, 4) is 0 Å². The number of hydroxylamine groups is 2. The lowest BCUT2D eigenvalue weighted by molar-refractivity contribution is -0.387. The average Bonchev–Trinajstić information content (AvgIpc) is 3.47. The number of carbonyl (C=O) groups excluding carboxylic acids is 4. The van der Waals surface area contributed by atoms with Gasteiger partial charge in [-0.3, -0.25) is 14.4 Å². The lowest BCUT2D eigenvalue weighted by Gasteiger charge is -2.48. The van der Waals surface area contributed by atoms with Crippen molar-refractivity contribution in [2.24, 2.45) is 0 Å². The number of ketones is 1. The molecule has 0 aliphatic carbocycles. The number of unbranched alkanes of at least 4 members (excludes halogenated alkanes) is 2. The normalized spacial score (nSPS) is 38.9. The van der Waals surface area contributed by atoms with E-state index in [0.717, 1.165) is 0 Å². The van der Waals surface area contributed by atoms with E-state index < -0.39 is 130 Å². The molecule has 15 atom stereocenters. The minimum absolute atomic E-state index is 0.0229. The number of aliphatic hydroxyl groups is 10. The summed E-state index contributed by atoms with van der Waals surface area (Å²) in [6.07, 6.45) is -24.0. The van der Waals surface area contributed by atoms with E-state index in [4.69, 9.17) is 33.3 Å². The minimum atomic E-state index is -1.91. The Morgan fingerprint density at radius 2 is 1.04 bits per heavy atom. The molecule has 4 saturated heterocycles. The van der Waals surface area contributed by atoms with Crippen molar-refractivity contribution in [2.45, 2.75) is 150 Å². The van der Waals surface area contributed by atoms with Crippen LogP contribution in [0.2, 0.25) is 0 Å². The molecule has 4 aliphatic rings. The minimum Gasteiger partial charge on any atom is -0.394 e. The average molecular weight is 786 g/mol. The number of Topliss-reactive ketones (excluding diaryl/α,β-unsaturated/α-hetero) is 1. The molecule has 4 heterocycles. The lowest BCUT2D eigenvalue weighted by atomic mass is 9.96. The van der Waals surface area contributed by atoms with E-state index in [9.17, 15) is 70.2 Å². The molecule has 0 radical (unpaired) electrons. The van der Waals surface area contributed by atoms with Gasteiger partial charge in [0, 0.05) is 38.7 Å². The Morgan fingerprint density at radius 1 is 0.574 bits per heavy atom. The second-order valence-electron chi connectivity index (χ2n) is 13.4. The molecule has 22 heteroatoms. The van der Waals surface area contributed by atoms with Crippen LogP contribution in [0.4, 0.5) is 0 Å². The number of hydrogen-bond acceptors (Lipinski definition) is 21. The first kappa shape index (κ1) is 44.4. The number of aliphatic hydroxyl groups excluding tert-OH is 10. The number of imide groups is 1. The molecule has 10 N–H and O–H groups in total. The van der Waals surface area contributed by atoms with Gasteiger partial charge in [0.25, 0.3) is 11.8 Å². The van der Waals surface area contributed by atoms with Crippen LogP contribution in [0.25, 0.3) is 0 Å². The van der Waals surface area contributed by atoms with Gasteiger partial charge < -0.3 is 84.3 Å². The van der Waals surface area contributed by atoms with Gasteiger partial charge in [0.1, 0.15) is 79.0 Å². The fraction of sp³-hybridized carbons (Fsp3) is 0.875. The monoisotopic (exact) mass is 785 g/mol. The maximum Gasteiger partial charge on any atom is 0.333 e. The Hall–Kier alpha value is -2.36. The van der Waals surface area contributed by atoms with Crippen LogP contribution in [-0.2, 0) is 52.4 Å². The topological polar surface area (TPSA) is 338 Å². The molecule has 4 aliphatic heterocycles. The highest BCUT2D eigenvalue weighted by Gasteiger charge is 2.54. The highest BCUT2D eigenvalue weighted by Crippen LogP contribution is 2.33. The smallest absolute Gasteiger partial charge is 0.333 e. The van der Waals surface area contributed by atoms with Gasteiger partial charge in [0.2, 0.25) is 0 Å². The summed E-state index contributed by atoms with van der Waals surface area (Å²) in [5, 5.41) is 103. The maximum absolute atomic E-state index is 12.4. The number of carbonyl (C=O) groups is 4. The van der Waals surface area contributed by atoms with E-state index in [1.165, 1.54) is 0 Å². The van der Waals surface area contributed by atoms with E-state index >= 15 is 0 Å². The zero-order valence-electron chi connectivity index (χ0n) is 29.3. The molecule has 0 spiro atoms. The zero-order valence-corrected chi connectivity index (χ0v) is 29.3. The third-order valence-electron chi connectivity index (χ3n) is 9.49. The van der Waals surface area contributed by atoms with Crippen LogP contribution in [0, 0.1) is 0 Å². The van der Waals surface area contributed by atoms with Gasteiger partial charge in [0.05, 0.1) is 19.8 Å². The molecule has 4 fully saturated rings. The van der Waals surface area contributed by atoms with Crippen molar-refractivity contribution in [2.75, 3.05) is 26.4 Å². The lowest BCUT2D eigenvalue weighted by Crippen LogP contribution is -2.67. The largest absolute Gasteiger partial charge is 0.394 e. The Morgan fingerprint density at radius 3 is 1.56 bits per heavy atom. The van der Waals surface area contributed by atoms with Crippen molar-refractivity contribution < 1.29 is 104 Å². The molecular weight excluding hydrogens is 734 g/mol. The predicted octanol–water partition coefficient (Wildman–Crippen LogP) is -5.64. The summed E-state index contributed by atoms with van der Waals surface area (Å²) < 4.78 is 33.9. The molecule has 0 aromatic rings. The highest BCUT2D eigenvalue weighted by atomic mass is 16.8. The van der Waals surface area contributed by atoms with E-state index in [1.807, 2.05) is 0 Å². The number of ether oxygens (including phenoxy) is 6. The van der Waals surface area contributed by atoms with Crippen LogP contribution in [0.5, 0.6) is 0 Å². The van der Waals surface area contributed by atoms with Gasteiger partial charge >= 0.3 is 5.97 Å². The third kappa shape index (κ3) is 10.9. The van der Waals surface area contributed by atoms with Gasteiger partial charge in [-0.25, -0.2) is 4.79 Å². The Balaban J connectivity index is 1.32. The Bertz CT molecular complexity index is 1220. The first-order valence-electron chi connectivity index (χ1n) is 17.8. The van der Waals surface area contributed by atoms with Gasteiger partial charge in [-0.2, -0.15) is 0 Å². The van der Waals surface area contributed by atoms with Crippen LogP contribution in [0.3, 0.4) is 0 Å². The molecule has 54 heavy (non-hydrogen) atoms. The van der Waals surface area contributed by atoms with Crippen molar-refractivity contribution >= 4 is 23.6 Å². The van der Waals surface area contributed by atoms with Crippen LogP contribution in [-0.4, -0.2) is 198 Å². The molecule has 2 amide bonds. The zero-order chi connectivity index (χ0) is 39.7. The molecule has 0 aromatic carbocycles. The van der Waals surface area contributed by atoms with Crippen LogP contribution in [0.15, 0.2) is 0 Å². The van der Waals surface area contributed by atoms with E-state index in [1.54, 1.807) is 0 Å². The number of rotatable bonds is 19. The molecule has 310 valence electrons. The summed E-state index contributed by atoms with van der Waals surface area (Å²) in [6, 6.07) is 0. The molecule has 0 unspecified atom stereocenters. The Kier molecular flexibility index (Phi) is 17.0. The number of amides is 2. The molecule has 22 nitrogen and oxygen atoms in total. The number of nitrogens with zero attached hydrogens (tertiary/aromatic N) is 1. The molecule has 0 aromatic heterocycles. The van der Waals surface area contributed by atoms with Gasteiger partial charge in [0.15, 0.2) is 18.9 Å². The van der Waals surface area contributed by atoms with Crippen molar-refractivity contribution in [3.05, 3.63) is 0 Å². The second kappa shape index (κ2) is 20.7. The van der Waals surface area contributed by atoms with Crippen LogP contribution < -0.4 is 0 Å². The van der Waals surface area contributed by atoms with Crippen molar-refractivity contribution in [3.63, 3.8) is 0 Å². The van der Waals surface area contributed by atoms with Crippen molar-refractivity contribution in [1.82, 2.24) is 5.06 Å². The fourth-order valence-electron chi connectivity index (χ4n) is 6.30. The Labute approximate surface area is 308 Å².